The Hall–Kier alpha value is -3.42. The molecule has 25 heavy (non-hydrogen) atoms. The van der Waals surface area contributed by atoms with E-state index in [2.05, 4.69) is 20.7 Å². The highest BCUT2D eigenvalue weighted by Crippen LogP contribution is 2.27. The molecule has 1 aromatic carbocycles. The van der Waals surface area contributed by atoms with E-state index in [1.54, 1.807) is 36.0 Å². The van der Waals surface area contributed by atoms with Crippen LogP contribution >= 0.6 is 0 Å². The molecule has 0 aliphatic carbocycles. The van der Waals surface area contributed by atoms with Crippen LogP contribution in [0.25, 0.3) is 5.52 Å². The van der Waals surface area contributed by atoms with Crippen molar-refractivity contribution in [1.29, 1.82) is 0 Å². The molecular weight excluding hydrogens is 322 g/mol. The Morgan fingerprint density at radius 3 is 2.68 bits per heavy atom. The van der Waals surface area contributed by atoms with Gasteiger partial charge in [0, 0.05) is 18.9 Å². The van der Waals surface area contributed by atoms with Gasteiger partial charge in [-0.3, -0.25) is 4.79 Å². The van der Waals surface area contributed by atoms with Crippen LogP contribution in [-0.4, -0.2) is 38.6 Å². The second-order valence-corrected chi connectivity index (χ2v) is 5.61. The number of carbonyl (C=O) groups excluding carboxylic acids is 1. The summed E-state index contributed by atoms with van der Waals surface area (Å²) in [5, 5.41) is 19.1. The van der Waals surface area contributed by atoms with Gasteiger partial charge in [0.25, 0.3) is 5.91 Å². The summed E-state index contributed by atoms with van der Waals surface area (Å²) in [5.74, 6) is -0.719. The van der Waals surface area contributed by atoms with Crippen LogP contribution in [0.5, 0.6) is 0 Å². The lowest BCUT2D eigenvalue weighted by Crippen LogP contribution is -2.17. The number of aryl methyl sites for hydroxylation is 2. The summed E-state index contributed by atoms with van der Waals surface area (Å²) in [6.45, 7) is 3.68. The number of aromatic carboxylic acids is 1. The maximum Gasteiger partial charge on any atom is 0.335 e. The van der Waals surface area contributed by atoms with E-state index in [-0.39, 0.29) is 11.5 Å². The van der Waals surface area contributed by atoms with Gasteiger partial charge in [0.1, 0.15) is 11.8 Å². The van der Waals surface area contributed by atoms with Crippen molar-refractivity contribution in [3.8, 4) is 0 Å². The monoisotopic (exact) mass is 339 g/mol. The maximum atomic E-state index is 12.0. The van der Waals surface area contributed by atoms with Crippen LogP contribution in [0.2, 0.25) is 0 Å². The molecule has 0 spiro atoms. The Morgan fingerprint density at radius 1 is 1.24 bits per heavy atom. The second-order valence-electron chi connectivity index (χ2n) is 5.61. The van der Waals surface area contributed by atoms with Crippen molar-refractivity contribution in [2.45, 2.75) is 13.8 Å². The first-order chi connectivity index (χ1) is 11.9. The number of carbonyl (C=O) groups is 2. The van der Waals surface area contributed by atoms with Gasteiger partial charge < -0.3 is 15.7 Å². The van der Waals surface area contributed by atoms with E-state index in [0.717, 1.165) is 11.1 Å². The summed E-state index contributed by atoms with van der Waals surface area (Å²) in [6.07, 6.45) is 3.01. The predicted octanol–water partition coefficient (Wildman–Crippen LogP) is 2.15. The van der Waals surface area contributed by atoms with Gasteiger partial charge >= 0.3 is 5.97 Å². The molecule has 0 unspecified atom stereocenters. The number of nitrogens with zero attached hydrogens (tertiary/aromatic N) is 3. The smallest absolute Gasteiger partial charge is 0.335 e. The molecule has 3 N–H and O–H groups in total. The third-order valence-electron chi connectivity index (χ3n) is 4.04. The summed E-state index contributed by atoms with van der Waals surface area (Å²) in [5.41, 5.74) is 3.56. The van der Waals surface area contributed by atoms with Crippen LogP contribution in [0.4, 0.5) is 11.5 Å². The van der Waals surface area contributed by atoms with E-state index >= 15 is 0 Å². The molecule has 0 aliphatic heterocycles. The Balaban J connectivity index is 2.11. The van der Waals surface area contributed by atoms with Crippen LogP contribution in [0.1, 0.15) is 31.8 Å². The van der Waals surface area contributed by atoms with Crippen LogP contribution in [0.3, 0.4) is 0 Å². The minimum absolute atomic E-state index is 0.177. The number of aromatic nitrogens is 3. The zero-order valence-corrected chi connectivity index (χ0v) is 14.0. The number of carboxylic acid groups (broad SMARTS) is 1. The molecule has 0 saturated carbocycles. The molecule has 0 aliphatic rings. The molecule has 8 nitrogen and oxygen atoms in total. The van der Waals surface area contributed by atoms with Crippen molar-refractivity contribution < 1.29 is 14.7 Å². The number of hydrogen-bond acceptors (Lipinski definition) is 5. The zero-order chi connectivity index (χ0) is 18.1. The quantitative estimate of drug-likeness (QED) is 0.672. The average molecular weight is 339 g/mol. The minimum atomic E-state index is -1.00. The third-order valence-corrected chi connectivity index (χ3v) is 4.04. The van der Waals surface area contributed by atoms with E-state index in [4.69, 9.17) is 0 Å². The summed E-state index contributed by atoms with van der Waals surface area (Å²) in [6, 6.07) is 4.82. The van der Waals surface area contributed by atoms with Gasteiger partial charge in [-0.05, 0) is 37.1 Å². The molecule has 2 aromatic heterocycles. The van der Waals surface area contributed by atoms with Crippen molar-refractivity contribution >= 4 is 28.9 Å². The van der Waals surface area contributed by atoms with Crippen LogP contribution < -0.4 is 10.6 Å². The number of benzene rings is 1. The topological polar surface area (TPSA) is 109 Å². The molecule has 8 heteroatoms. The Kier molecular flexibility index (Phi) is 4.10. The number of carboxylic acids is 1. The molecule has 2 heterocycles. The number of rotatable bonds is 4. The van der Waals surface area contributed by atoms with Crippen LogP contribution in [0.15, 0.2) is 30.7 Å². The molecule has 1 amide bonds. The molecule has 3 rings (SSSR count). The highest BCUT2D eigenvalue weighted by atomic mass is 16.4. The Morgan fingerprint density at radius 2 is 2.00 bits per heavy atom. The second kappa shape index (κ2) is 6.23. The summed E-state index contributed by atoms with van der Waals surface area (Å²) >= 11 is 0. The average Bonchev–Trinajstić information content (AvgIpc) is 2.94. The third kappa shape index (κ3) is 2.89. The molecule has 0 saturated heterocycles. The molecule has 0 atom stereocenters. The fraction of sp³-hybridized carbons (Fsp3) is 0.176. The number of anilines is 2. The molecule has 0 fully saturated rings. The lowest BCUT2D eigenvalue weighted by Gasteiger charge is -2.11. The van der Waals surface area contributed by atoms with Crippen molar-refractivity contribution in [3.05, 3.63) is 53.0 Å². The zero-order valence-electron chi connectivity index (χ0n) is 14.0. The van der Waals surface area contributed by atoms with Crippen LogP contribution in [-0.2, 0) is 0 Å². The van der Waals surface area contributed by atoms with Gasteiger partial charge in [0.2, 0.25) is 0 Å². The van der Waals surface area contributed by atoms with Crippen molar-refractivity contribution in [2.24, 2.45) is 0 Å². The largest absolute Gasteiger partial charge is 0.478 e. The van der Waals surface area contributed by atoms with Crippen LogP contribution in [0, 0.1) is 13.8 Å². The van der Waals surface area contributed by atoms with Gasteiger partial charge in [-0.1, -0.05) is 6.07 Å². The Bertz CT molecular complexity index is 993. The Labute approximate surface area is 143 Å². The summed E-state index contributed by atoms with van der Waals surface area (Å²) in [7, 11) is 1.57. The normalized spacial score (nSPS) is 10.7. The number of fused-ring (bicyclic) bond motifs is 1. The molecule has 128 valence electrons. The molecule has 0 radical (unpaired) electrons. The SMILES string of the molecule is CNC(=O)c1cn2ncnc(Nc3cc(C(=O)O)ccc3C)c2c1C. The first-order valence-electron chi connectivity index (χ1n) is 7.58. The van der Waals surface area contributed by atoms with Gasteiger partial charge in [0.15, 0.2) is 5.82 Å². The van der Waals surface area contributed by atoms with E-state index in [1.165, 1.54) is 6.33 Å². The van der Waals surface area contributed by atoms with Crippen molar-refractivity contribution in [3.63, 3.8) is 0 Å². The van der Waals surface area contributed by atoms with Crippen molar-refractivity contribution in [2.75, 3.05) is 12.4 Å². The number of hydrogen-bond donors (Lipinski definition) is 3. The summed E-state index contributed by atoms with van der Waals surface area (Å²) < 4.78 is 1.58. The number of amides is 1. The van der Waals surface area contributed by atoms with Gasteiger partial charge in [-0.2, -0.15) is 5.10 Å². The number of nitrogens with one attached hydrogen (secondary N) is 2. The van der Waals surface area contributed by atoms with E-state index < -0.39 is 5.97 Å². The summed E-state index contributed by atoms with van der Waals surface area (Å²) in [4.78, 5) is 27.4. The maximum absolute atomic E-state index is 12.0. The minimum Gasteiger partial charge on any atom is -0.478 e. The lowest BCUT2D eigenvalue weighted by atomic mass is 10.1. The van der Waals surface area contributed by atoms with E-state index in [1.807, 2.05) is 13.8 Å². The van der Waals surface area contributed by atoms with Gasteiger partial charge in [-0.25, -0.2) is 14.3 Å². The van der Waals surface area contributed by atoms with E-state index in [9.17, 15) is 14.7 Å². The fourth-order valence-electron chi connectivity index (χ4n) is 2.63. The molecular formula is C17H17N5O3. The lowest BCUT2D eigenvalue weighted by molar-refractivity contribution is 0.0696. The van der Waals surface area contributed by atoms with Gasteiger partial charge in [0.05, 0.1) is 11.1 Å². The van der Waals surface area contributed by atoms with Gasteiger partial charge in [-0.15, -0.1) is 0 Å². The fourth-order valence-corrected chi connectivity index (χ4v) is 2.63. The van der Waals surface area contributed by atoms with E-state index in [0.29, 0.717) is 22.6 Å². The molecule has 3 aromatic rings. The highest BCUT2D eigenvalue weighted by Gasteiger charge is 2.17. The molecule has 0 bridgehead atoms. The highest BCUT2D eigenvalue weighted by molar-refractivity contribution is 5.99. The first-order valence-corrected chi connectivity index (χ1v) is 7.58. The standard InChI is InChI=1S/C17H17N5O3/c1-9-4-5-11(17(24)25)6-13(9)21-15-14-10(2)12(16(23)18-3)7-22(14)20-8-19-15/h4-8H,1-3H3,(H,18,23)(H,24,25)(H,19,20,21). The first kappa shape index (κ1) is 16.4. The van der Waals surface area contributed by atoms with Crippen molar-refractivity contribution in [1.82, 2.24) is 19.9 Å². The predicted molar refractivity (Wildman–Crippen MR) is 92.5 cm³/mol.